The minimum absolute atomic E-state index is 0.235. The Hall–Kier alpha value is -0.0100. The molecule has 0 spiro atoms. The zero-order chi connectivity index (χ0) is 15.1. The van der Waals surface area contributed by atoms with Gasteiger partial charge in [-0.2, -0.15) is 0 Å². The van der Waals surface area contributed by atoms with Crippen molar-refractivity contribution in [3.8, 4) is 0 Å². The molecule has 5 unspecified atom stereocenters. The van der Waals surface area contributed by atoms with Gasteiger partial charge in [0.1, 0.15) is 0 Å². The average Bonchev–Trinajstić information content (AvgIpc) is 2.44. The van der Waals surface area contributed by atoms with Gasteiger partial charge in [0.25, 0.3) is 0 Å². The van der Waals surface area contributed by atoms with Gasteiger partial charge in [0.2, 0.25) is 0 Å². The lowest BCUT2D eigenvalue weighted by molar-refractivity contribution is 0.221. The van der Waals surface area contributed by atoms with Crippen LogP contribution in [0.15, 0.2) is 11.1 Å². The maximum absolute atomic E-state index is 6.54. The predicted octanol–water partition coefficient (Wildman–Crippen LogP) is 5.73. The summed E-state index contributed by atoms with van der Waals surface area (Å²) in [5.74, 6) is 2.78. The van der Waals surface area contributed by atoms with E-state index in [1.807, 2.05) is 0 Å². The third-order valence-corrected chi connectivity index (χ3v) is 5.86. The van der Waals surface area contributed by atoms with E-state index in [9.17, 15) is 0 Å². The molecular weight excluding hydrogens is 266 g/mol. The largest absolute Gasteiger partial charge is 0.327 e. The van der Waals surface area contributed by atoms with Crippen LogP contribution in [0.3, 0.4) is 0 Å². The maximum Gasteiger partial charge on any atom is 0.0187 e. The fourth-order valence-corrected chi connectivity index (χ4v) is 3.77. The minimum atomic E-state index is 0.235. The molecular formula is C18H34ClN. The normalized spacial score (nSPS) is 37.7. The summed E-state index contributed by atoms with van der Waals surface area (Å²) in [6.07, 6.45) is 10.5. The van der Waals surface area contributed by atoms with E-state index in [1.54, 1.807) is 0 Å². The van der Waals surface area contributed by atoms with Crippen LogP contribution < -0.4 is 5.73 Å². The lowest BCUT2D eigenvalue weighted by Crippen LogP contribution is -2.33. The van der Waals surface area contributed by atoms with Gasteiger partial charge in [0.05, 0.1) is 0 Å². The van der Waals surface area contributed by atoms with Gasteiger partial charge in [-0.15, -0.1) is 0 Å². The van der Waals surface area contributed by atoms with Crippen molar-refractivity contribution < 1.29 is 0 Å². The summed E-state index contributed by atoms with van der Waals surface area (Å²) in [6, 6.07) is 0.235. The average molecular weight is 300 g/mol. The number of halogens is 1. The Balaban J connectivity index is 2.72. The highest BCUT2D eigenvalue weighted by Crippen LogP contribution is 2.34. The molecule has 20 heavy (non-hydrogen) atoms. The summed E-state index contributed by atoms with van der Waals surface area (Å²) in [6.45, 7) is 9.40. The standard InChI is InChI=1S/C18H34ClN/c1-5-6-10-17(19)16-9-7-8-13(2)15(4)14(3)11-12-18(16)20/h10,13-16,18H,5-9,11-12,20H2,1-4H3. The molecule has 1 saturated carbocycles. The lowest BCUT2D eigenvalue weighted by Gasteiger charge is -2.32. The number of rotatable bonds is 3. The first-order valence-electron chi connectivity index (χ1n) is 8.58. The Morgan fingerprint density at radius 2 is 1.75 bits per heavy atom. The van der Waals surface area contributed by atoms with Crippen molar-refractivity contribution >= 4 is 11.6 Å². The second-order valence-corrected chi connectivity index (χ2v) is 7.41. The fourth-order valence-electron chi connectivity index (χ4n) is 3.39. The number of unbranched alkanes of at least 4 members (excludes halogenated alkanes) is 1. The van der Waals surface area contributed by atoms with E-state index in [1.165, 1.54) is 19.3 Å². The fraction of sp³-hybridized carbons (Fsp3) is 0.889. The predicted molar refractivity (Wildman–Crippen MR) is 90.9 cm³/mol. The molecule has 0 amide bonds. The second kappa shape index (κ2) is 9.10. The molecule has 0 aliphatic heterocycles. The van der Waals surface area contributed by atoms with Crippen LogP contribution in [-0.2, 0) is 0 Å². The van der Waals surface area contributed by atoms with Gasteiger partial charge in [-0.25, -0.2) is 0 Å². The summed E-state index contributed by atoms with van der Waals surface area (Å²) >= 11 is 6.54. The molecule has 0 aromatic rings. The van der Waals surface area contributed by atoms with Crippen molar-refractivity contribution in [2.45, 2.75) is 78.7 Å². The van der Waals surface area contributed by atoms with Crippen molar-refractivity contribution in [3.05, 3.63) is 11.1 Å². The van der Waals surface area contributed by atoms with Gasteiger partial charge in [0, 0.05) is 17.0 Å². The van der Waals surface area contributed by atoms with E-state index < -0.39 is 0 Å². The molecule has 118 valence electrons. The van der Waals surface area contributed by atoms with Crippen LogP contribution in [0.1, 0.15) is 72.6 Å². The first-order chi connectivity index (χ1) is 9.47. The smallest absolute Gasteiger partial charge is 0.0187 e. The van der Waals surface area contributed by atoms with Gasteiger partial charge < -0.3 is 5.73 Å². The summed E-state index contributed by atoms with van der Waals surface area (Å²) in [5.41, 5.74) is 6.46. The monoisotopic (exact) mass is 299 g/mol. The second-order valence-electron chi connectivity index (χ2n) is 6.97. The SMILES string of the molecule is CCCC=C(Cl)C1CCCC(C)C(C)C(C)CCC1N. The molecule has 1 rings (SSSR count). The Morgan fingerprint density at radius 3 is 2.40 bits per heavy atom. The molecule has 0 heterocycles. The van der Waals surface area contributed by atoms with Crippen LogP contribution >= 0.6 is 11.6 Å². The van der Waals surface area contributed by atoms with Crippen LogP contribution in [0.4, 0.5) is 0 Å². The summed E-state index contributed by atoms with van der Waals surface area (Å²) in [5, 5.41) is 1.02. The molecule has 0 aromatic heterocycles. The van der Waals surface area contributed by atoms with Gasteiger partial charge in [-0.3, -0.25) is 0 Å². The van der Waals surface area contributed by atoms with Crippen molar-refractivity contribution in [1.29, 1.82) is 0 Å². The highest BCUT2D eigenvalue weighted by molar-refractivity contribution is 6.29. The van der Waals surface area contributed by atoms with Crippen molar-refractivity contribution in [2.75, 3.05) is 0 Å². The Kier molecular flexibility index (Phi) is 8.21. The zero-order valence-electron chi connectivity index (χ0n) is 13.9. The Bertz CT molecular complexity index is 300. The van der Waals surface area contributed by atoms with Crippen LogP contribution in [0, 0.1) is 23.7 Å². The van der Waals surface area contributed by atoms with Crippen LogP contribution in [0.2, 0.25) is 0 Å². The van der Waals surface area contributed by atoms with Crippen LogP contribution in [0.25, 0.3) is 0 Å². The molecule has 2 N–H and O–H groups in total. The highest BCUT2D eigenvalue weighted by atomic mass is 35.5. The maximum atomic E-state index is 6.54. The molecule has 5 atom stereocenters. The zero-order valence-corrected chi connectivity index (χ0v) is 14.6. The van der Waals surface area contributed by atoms with E-state index in [-0.39, 0.29) is 6.04 Å². The van der Waals surface area contributed by atoms with E-state index in [0.29, 0.717) is 5.92 Å². The number of nitrogens with two attached hydrogens (primary N) is 1. The van der Waals surface area contributed by atoms with Gasteiger partial charge in [0.15, 0.2) is 0 Å². The van der Waals surface area contributed by atoms with Crippen LogP contribution in [0.5, 0.6) is 0 Å². The molecule has 0 bridgehead atoms. The Labute approximate surface area is 131 Å². The number of hydrogen-bond donors (Lipinski definition) is 1. The van der Waals surface area contributed by atoms with E-state index >= 15 is 0 Å². The van der Waals surface area contributed by atoms with E-state index in [0.717, 1.165) is 48.5 Å². The molecule has 1 aliphatic rings. The molecule has 0 radical (unpaired) electrons. The first-order valence-corrected chi connectivity index (χ1v) is 8.96. The van der Waals surface area contributed by atoms with Crippen molar-refractivity contribution in [2.24, 2.45) is 29.4 Å². The lowest BCUT2D eigenvalue weighted by atomic mass is 9.76. The van der Waals surface area contributed by atoms with Gasteiger partial charge in [-0.1, -0.05) is 64.6 Å². The van der Waals surface area contributed by atoms with Crippen molar-refractivity contribution in [1.82, 2.24) is 0 Å². The Morgan fingerprint density at radius 1 is 1.10 bits per heavy atom. The topological polar surface area (TPSA) is 26.0 Å². The molecule has 1 nitrogen and oxygen atoms in total. The molecule has 1 aliphatic carbocycles. The third-order valence-electron chi connectivity index (χ3n) is 5.42. The molecule has 0 aromatic carbocycles. The van der Waals surface area contributed by atoms with Crippen molar-refractivity contribution in [3.63, 3.8) is 0 Å². The summed E-state index contributed by atoms with van der Waals surface area (Å²) < 4.78 is 0. The van der Waals surface area contributed by atoms with E-state index in [4.69, 9.17) is 17.3 Å². The highest BCUT2D eigenvalue weighted by Gasteiger charge is 2.26. The number of hydrogen-bond acceptors (Lipinski definition) is 1. The quantitative estimate of drug-likeness (QED) is 0.708. The van der Waals surface area contributed by atoms with Gasteiger partial charge >= 0.3 is 0 Å². The van der Waals surface area contributed by atoms with E-state index in [2.05, 4.69) is 33.8 Å². The first kappa shape index (κ1) is 18.0. The number of allylic oxidation sites excluding steroid dienone is 1. The van der Waals surface area contributed by atoms with Crippen LogP contribution in [-0.4, -0.2) is 6.04 Å². The van der Waals surface area contributed by atoms with Gasteiger partial charge in [-0.05, 0) is 43.4 Å². The minimum Gasteiger partial charge on any atom is -0.327 e. The molecule has 2 heteroatoms. The third kappa shape index (κ3) is 5.41. The summed E-state index contributed by atoms with van der Waals surface area (Å²) in [4.78, 5) is 0. The molecule has 1 fully saturated rings. The summed E-state index contributed by atoms with van der Waals surface area (Å²) in [7, 11) is 0. The molecule has 0 saturated heterocycles.